The zero-order chi connectivity index (χ0) is 15.0. The highest BCUT2D eigenvalue weighted by Crippen LogP contribution is 2.46. The maximum atomic E-state index is 6.96. The highest BCUT2D eigenvalue weighted by atomic mass is 14.8. The van der Waals surface area contributed by atoms with Gasteiger partial charge in [-0.05, 0) is 74.0 Å². The lowest BCUT2D eigenvalue weighted by molar-refractivity contribution is 0.118. The van der Waals surface area contributed by atoms with E-state index in [0.29, 0.717) is 5.41 Å². The minimum atomic E-state index is 0.142. The maximum Gasteiger partial charge on any atom is 0.0183 e. The first-order valence-electron chi connectivity index (χ1n) is 8.99. The van der Waals surface area contributed by atoms with Crippen LogP contribution in [0.2, 0.25) is 0 Å². The van der Waals surface area contributed by atoms with E-state index < -0.39 is 0 Å². The van der Waals surface area contributed by atoms with Crippen LogP contribution in [-0.4, -0.2) is 5.54 Å². The minimum Gasteiger partial charge on any atom is -0.325 e. The lowest BCUT2D eigenvalue weighted by Crippen LogP contribution is -2.49. The first-order valence-corrected chi connectivity index (χ1v) is 8.99. The average Bonchev–Trinajstić information content (AvgIpc) is 2.50. The van der Waals surface area contributed by atoms with Gasteiger partial charge in [-0.25, -0.2) is 0 Å². The molecule has 0 spiro atoms. The molecule has 1 nitrogen and oxygen atoms in total. The largest absolute Gasteiger partial charge is 0.325 e. The summed E-state index contributed by atoms with van der Waals surface area (Å²) in [4.78, 5) is 0. The molecule has 2 aliphatic rings. The van der Waals surface area contributed by atoms with Crippen LogP contribution in [0.5, 0.6) is 0 Å². The molecule has 0 saturated heterocycles. The Kier molecular flexibility index (Phi) is 4.89. The zero-order valence-corrected chi connectivity index (χ0v) is 14.5. The number of hydrogen-bond donors (Lipinski definition) is 1. The van der Waals surface area contributed by atoms with Crippen LogP contribution in [0.4, 0.5) is 0 Å². The summed E-state index contributed by atoms with van der Waals surface area (Å²) in [6.45, 7) is 12.1. The normalized spacial score (nSPS) is 44.1. The molecule has 0 amide bonds. The van der Waals surface area contributed by atoms with E-state index in [-0.39, 0.29) is 5.54 Å². The van der Waals surface area contributed by atoms with E-state index in [2.05, 4.69) is 34.6 Å². The summed E-state index contributed by atoms with van der Waals surface area (Å²) in [7, 11) is 0. The Bertz CT molecular complexity index is 306. The molecule has 2 rings (SSSR count). The molecule has 0 aromatic carbocycles. The van der Waals surface area contributed by atoms with Crippen molar-refractivity contribution in [3.8, 4) is 0 Å². The lowest BCUT2D eigenvalue weighted by atomic mass is 9.66. The molecule has 0 aliphatic heterocycles. The number of rotatable bonds is 1. The van der Waals surface area contributed by atoms with Gasteiger partial charge in [0.25, 0.3) is 0 Å². The predicted molar refractivity (Wildman–Crippen MR) is 88.6 cm³/mol. The minimum absolute atomic E-state index is 0.142. The molecular formula is C19H37N. The van der Waals surface area contributed by atoms with E-state index in [0.717, 1.165) is 23.7 Å². The van der Waals surface area contributed by atoms with Gasteiger partial charge in [-0.3, -0.25) is 0 Å². The van der Waals surface area contributed by atoms with Gasteiger partial charge in [0, 0.05) is 5.54 Å². The Morgan fingerprint density at radius 1 is 0.900 bits per heavy atom. The first-order chi connectivity index (χ1) is 9.21. The summed E-state index contributed by atoms with van der Waals surface area (Å²) in [5.74, 6) is 3.41. The quantitative estimate of drug-likeness (QED) is 0.640. The molecule has 0 aromatic heterocycles. The Hall–Kier alpha value is -0.0400. The summed E-state index contributed by atoms with van der Waals surface area (Å²) < 4.78 is 0. The van der Waals surface area contributed by atoms with Crippen LogP contribution in [0.25, 0.3) is 0 Å². The van der Waals surface area contributed by atoms with Crippen molar-refractivity contribution >= 4 is 0 Å². The molecule has 0 bridgehead atoms. The van der Waals surface area contributed by atoms with Gasteiger partial charge in [-0.1, -0.05) is 41.0 Å². The summed E-state index contributed by atoms with van der Waals surface area (Å²) in [6, 6.07) is 0. The molecule has 2 N–H and O–H groups in total. The summed E-state index contributed by atoms with van der Waals surface area (Å²) >= 11 is 0. The van der Waals surface area contributed by atoms with Crippen LogP contribution in [-0.2, 0) is 0 Å². The van der Waals surface area contributed by atoms with Crippen molar-refractivity contribution in [2.45, 2.75) is 91.5 Å². The van der Waals surface area contributed by atoms with Crippen LogP contribution < -0.4 is 5.73 Å². The molecule has 1 heteroatoms. The van der Waals surface area contributed by atoms with Gasteiger partial charge in [-0.2, -0.15) is 0 Å². The van der Waals surface area contributed by atoms with Crippen LogP contribution in [0, 0.1) is 29.1 Å². The number of hydrogen-bond acceptors (Lipinski definition) is 1. The van der Waals surface area contributed by atoms with E-state index in [9.17, 15) is 0 Å². The highest BCUT2D eigenvalue weighted by Gasteiger charge is 2.41. The third kappa shape index (κ3) is 3.78. The summed E-state index contributed by atoms with van der Waals surface area (Å²) in [6.07, 6.45) is 10.8. The van der Waals surface area contributed by atoms with Gasteiger partial charge >= 0.3 is 0 Å². The van der Waals surface area contributed by atoms with E-state index in [1.165, 1.54) is 51.4 Å². The third-order valence-corrected chi connectivity index (χ3v) is 6.37. The van der Waals surface area contributed by atoms with Gasteiger partial charge in [0.05, 0.1) is 0 Å². The van der Waals surface area contributed by atoms with Crippen molar-refractivity contribution in [1.82, 2.24) is 0 Å². The van der Waals surface area contributed by atoms with Crippen molar-refractivity contribution in [3.05, 3.63) is 0 Å². The fraction of sp³-hybridized carbons (Fsp3) is 1.00. The van der Waals surface area contributed by atoms with Gasteiger partial charge in [0.2, 0.25) is 0 Å². The molecule has 118 valence electrons. The molecule has 0 heterocycles. The average molecular weight is 280 g/mol. The number of nitrogens with two attached hydrogens (primary N) is 1. The molecule has 4 atom stereocenters. The molecule has 2 aliphatic carbocycles. The Labute approximate surface area is 127 Å². The van der Waals surface area contributed by atoms with Gasteiger partial charge in [-0.15, -0.1) is 0 Å². The fourth-order valence-electron chi connectivity index (χ4n) is 5.08. The SMILES string of the molecule is CC1CC(C)CC(C2(N)CCCC(C(C)(C)C)CC2)C1. The van der Waals surface area contributed by atoms with E-state index in [1.54, 1.807) is 0 Å². The van der Waals surface area contributed by atoms with Crippen molar-refractivity contribution in [1.29, 1.82) is 0 Å². The maximum absolute atomic E-state index is 6.96. The molecule has 0 radical (unpaired) electrons. The van der Waals surface area contributed by atoms with E-state index >= 15 is 0 Å². The zero-order valence-electron chi connectivity index (χ0n) is 14.5. The third-order valence-electron chi connectivity index (χ3n) is 6.37. The second-order valence-corrected chi connectivity index (χ2v) is 9.34. The van der Waals surface area contributed by atoms with E-state index in [1.807, 2.05) is 0 Å². The van der Waals surface area contributed by atoms with Crippen molar-refractivity contribution in [3.63, 3.8) is 0 Å². The van der Waals surface area contributed by atoms with E-state index in [4.69, 9.17) is 5.73 Å². The summed E-state index contributed by atoms with van der Waals surface area (Å²) in [5.41, 5.74) is 7.56. The first kappa shape index (κ1) is 16.3. The molecular weight excluding hydrogens is 242 g/mol. The van der Waals surface area contributed by atoms with Crippen molar-refractivity contribution < 1.29 is 0 Å². The van der Waals surface area contributed by atoms with Crippen LogP contribution in [0.3, 0.4) is 0 Å². The Morgan fingerprint density at radius 3 is 2.05 bits per heavy atom. The predicted octanol–water partition coefficient (Wildman–Crippen LogP) is 5.38. The van der Waals surface area contributed by atoms with Crippen LogP contribution in [0.15, 0.2) is 0 Å². The summed E-state index contributed by atoms with van der Waals surface area (Å²) in [5, 5.41) is 0. The standard InChI is InChI=1S/C19H37N/c1-14-11-15(2)13-17(12-14)19(20)9-6-7-16(8-10-19)18(3,4)5/h14-17H,6-13,20H2,1-5H3. The second kappa shape index (κ2) is 5.99. The van der Waals surface area contributed by atoms with Crippen molar-refractivity contribution in [2.75, 3.05) is 0 Å². The molecule has 2 saturated carbocycles. The Balaban J connectivity index is 2.03. The Morgan fingerprint density at radius 2 is 1.50 bits per heavy atom. The second-order valence-electron chi connectivity index (χ2n) is 9.34. The molecule has 2 fully saturated rings. The fourth-order valence-corrected chi connectivity index (χ4v) is 5.08. The van der Waals surface area contributed by atoms with Gasteiger partial charge in [0.1, 0.15) is 0 Å². The van der Waals surface area contributed by atoms with Crippen LogP contribution in [0.1, 0.15) is 86.0 Å². The topological polar surface area (TPSA) is 26.0 Å². The lowest BCUT2D eigenvalue weighted by Gasteiger charge is -2.43. The van der Waals surface area contributed by atoms with Crippen LogP contribution >= 0.6 is 0 Å². The highest BCUT2D eigenvalue weighted by molar-refractivity contribution is 4.97. The molecule has 0 aromatic rings. The monoisotopic (exact) mass is 279 g/mol. The molecule has 4 unspecified atom stereocenters. The van der Waals surface area contributed by atoms with Crippen molar-refractivity contribution in [2.24, 2.45) is 34.8 Å². The molecule has 20 heavy (non-hydrogen) atoms. The van der Waals surface area contributed by atoms with Gasteiger partial charge < -0.3 is 5.73 Å². The smallest absolute Gasteiger partial charge is 0.0183 e. The van der Waals surface area contributed by atoms with Gasteiger partial charge in [0.15, 0.2) is 0 Å².